The summed E-state index contributed by atoms with van der Waals surface area (Å²) >= 11 is 0. The number of fused-ring (bicyclic) bond motifs is 1. The van der Waals surface area contributed by atoms with Crippen LogP contribution in [0.25, 0.3) is 0 Å². The second-order valence-corrected chi connectivity index (χ2v) is 8.49. The van der Waals surface area contributed by atoms with Gasteiger partial charge in [0.25, 0.3) is 10.0 Å². The topological polar surface area (TPSA) is 78.8 Å². The van der Waals surface area contributed by atoms with Crippen LogP contribution in [0.1, 0.15) is 24.0 Å². The molecule has 1 saturated heterocycles. The number of nitrogens with zero attached hydrogens (tertiary/aromatic N) is 2. The molecule has 2 aliphatic rings. The second-order valence-electron chi connectivity index (χ2n) is 6.92. The van der Waals surface area contributed by atoms with Crippen LogP contribution in [-0.2, 0) is 21.0 Å². The van der Waals surface area contributed by atoms with Crippen LogP contribution in [0.15, 0.2) is 51.8 Å². The van der Waals surface area contributed by atoms with Crippen LogP contribution in [0.4, 0.5) is 23.2 Å². The number of anilines is 1. The van der Waals surface area contributed by atoms with Crippen molar-refractivity contribution in [1.82, 2.24) is 4.90 Å². The molecule has 0 bridgehead atoms. The van der Waals surface area contributed by atoms with E-state index in [2.05, 4.69) is 9.71 Å². The fraction of sp³-hybridized carbons (Fsp3) is 0.263. The standard InChI is InChI=1S/C19H15F4N3O3S/c20-14-8-7-11(10-13(14)19(21,22)23)24-18(27)15-5-3-9-26(15)17-12-4-1-2-6-16(12)30(28,29)25-17/h1-2,4,6-8,10,15H,3,5,9H2,(H,24,27)/t15-/m0/s1. The second kappa shape index (κ2) is 7.08. The molecule has 6 nitrogen and oxygen atoms in total. The van der Waals surface area contributed by atoms with Gasteiger partial charge in [-0.05, 0) is 43.2 Å². The fourth-order valence-electron chi connectivity index (χ4n) is 3.63. The first-order chi connectivity index (χ1) is 14.1. The molecule has 0 aromatic heterocycles. The summed E-state index contributed by atoms with van der Waals surface area (Å²) in [5.41, 5.74) is -1.32. The zero-order chi connectivity index (χ0) is 21.7. The minimum atomic E-state index is -4.90. The molecule has 0 saturated carbocycles. The molecule has 0 spiro atoms. The van der Waals surface area contributed by atoms with Crippen molar-refractivity contribution >= 4 is 27.5 Å². The summed E-state index contributed by atoms with van der Waals surface area (Å²) in [6.07, 6.45) is -3.97. The van der Waals surface area contributed by atoms with E-state index in [-0.39, 0.29) is 16.4 Å². The predicted molar refractivity (Wildman–Crippen MR) is 99.9 cm³/mol. The Balaban J connectivity index is 1.60. The Morgan fingerprint density at radius 3 is 2.63 bits per heavy atom. The van der Waals surface area contributed by atoms with Crippen LogP contribution < -0.4 is 5.32 Å². The molecule has 0 aliphatic carbocycles. The quantitative estimate of drug-likeness (QED) is 0.725. The summed E-state index contributed by atoms with van der Waals surface area (Å²) in [7, 11) is -3.88. The molecule has 1 fully saturated rings. The normalized spacial score (nSPS) is 20.1. The molecular formula is C19H15F4N3O3S. The molecule has 4 rings (SSSR count). The summed E-state index contributed by atoms with van der Waals surface area (Å²) in [5, 5.41) is 2.37. The summed E-state index contributed by atoms with van der Waals surface area (Å²) < 4.78 is 80.6. The lowest BCUT2D eigenvalue weighted by atomic mass is 10.1. The number of amides is 1. The van der Waals surface area contributed by atoms with Gasteiger partial charge in [0.05, 0.1) is 5.56 Å². The summed E-state index contributed by atoms with van der Waals surface area (Å²) in [5.74, 6) is -1.93. The van der Waals surface area contributed by atoms with Crippen LogP contribution in [0.3, 0.4) is 0 Å². The summed E-state index contributed by atoms with van der Waals surface area (Å²) in [6, 6.07) is 7.59. The first kappa shape index (κ1) is 20.3. The number of halogens is 4. The largest absolute Gasteiger partial charge is 0.419 e. The van der Waals surface area contributed by atoms with Crippen LogP contribution in [-0.4, -0.2) is 37.6 Å². The Hall–Kier alpha value is -2.95. The van der Waals surface area contributed by atoms with E-state index in [1.165, 1.54) is 11.0 Å². The summed E-state index contributed by atoms with van der Waals surface area (Å²) in [4.78, 5) is 14.3. The Morgan fingerprint density at radius 1 is 1.17 bits per heavy atom. The van der Waals surface area contributed by atoms with Gasteiger partial charge >= 0.3 is 6.18 Å². The number of alkyl halides is 3. The van der Waals surface area contributed by atoms with E-state index in [4.69, 9.17) is 0 Å². The summed E-state index contributed by atoms with van der Waals surface area (Å²) in [6.45, 7) is 0.359. The van der Waals surface area contributed by atoms with Crippen LogP contribution >= 0.6 is 0 Å². The van der Waals surface area contributed by atoms with Gasteiger partial charge in [-0.25, -0.2) is 4.39 Å². The average Bonchev–Trinajstić information content (AvgIpc) is 3.25. The number of rotatable bonds is 2. The van der Waals surface area contributed by atoms with Crippen molar-refractivity contribution in [2.45, 2.75) is 30.0 Å². The van der Waals surface area contributed by atoms with E-state index in [0.29, 0.717) is 37.1 Å². The molecule has 0 radical (unpaired) electrons. The van der Waals surface area contributed by atoms with Gasteiger partial charge in [-0.3, -0.25) is 4.79 Å². The van der Waals surface area contributed by atoms with E-state index in [1.807, 2.05) is 0 Å². The average molecular weight is 441 g/mol. The Kier molecular flexibility index (Phi) is 4.80. The number of benzene rings is 2. The van der Waals surface area contributed by atoms with E-state index < -0.39 is 39.5 Å². The maximum Gasteiger partial charge on any atom is 0.419 e. The highest BCUT2D eigenvalue weighted by molar-refractivity contribution is 7.90. The maximum absolute atomic E-state index is 13.5. The van der Waals surface area contributed by atoms with Crippen molar-refractivity contribution in [2.24, 2.45) is 4.40 Å². The van der Waals surface area contributed by atoms with Gasteiger partial charge in [0.1, 0.15) is 16.8 Å². The molecule has 30 heavy (non-hydrogen) atoms. The monoisotopic (exact) mass is 441 g/mol. The number of nitrogens with one attached hydrogen (secondary N) is 1. The van der Waals surface area contributed by atoms with E-state index in [1.54, 1.807) is 18.2 Å². The molecule has 2 heterocycles. The molecule has 11 heteroatoms. The van der Waals surface area contributed by atoms with Crippen molar-refractivity contribution < 1.29 is 30.8 Å². The fourth-order valence-corrected chi connectivity index (χ4v) is 4.85. The van der Waals surface area contributed by atoms with Crippen LogP contribution in [0.2, 0.25) is 0 Å². The van der Waals surface area contributed by atoms with Crippen LogP contribution in [0.5, 0.6) is 0 Å². The van der Waals surface area contributed by atoms with E-state index in [9.17, 15) is 30.8 Å². The minimum absolute atomic E-state index is 0.0411. The lowest BCUT2D eigenvalue weighted by Crippen LogP contribution is -2.43. The Morgan fingerprint density at radius 2 is 1.90 bits per heavy atom. The highest BCUT2D eigenvalue weighted by atomic mass is 32.2. The van der Waals surface area contributed by atoms with Crippen molar-refractivity contribution in [3.8, 4) is 0 Å². The van der Waals surface area contributed by atoms with Gasteiger partial charge in [-0.15, -0.1) is 4.40 Å². The maximum atomic E-state index is 13.5. The third kappa shape index (κ3) is 3.53. The number of carbonyl (C=O) groups excluding carboxylic acids is 1. The van der Waals surface area contributed by atoms with Gasteiger partial charge < -0.3 is 10.2 Å². The molecule has 0 unspecified atom stereocenters. The van der Waals surface area contributed by atoms with Gasteiger partial charge in [-0.1, -0.05) is 12.1 Å². The highest BCUT2D eigenvalue weighted by Crippen LogP contribution is 2.34. The molecule has 158 valence electrons. The van der Waals surface area contributed by atoms with E-state index >= 15 is 0 Å². The zero-order valence-electron chi connectivity index (χ0n) is 15.3. The molecule has 2 aromatic carbocycles. The molecule has 1 atom stereocenters. The van der Waals surface area contributed by atoms with Gasteiger partial charge in [0.2, 0.25) is 5.91 Å². The number of likely N-dealkylation sites (tertiary alicyclic amines) is 1. The van der Waals surface area contributed by atoms with E-state index in [0.717, 1.165) is 6.07 Å². The third-order valence-electron chi connectivity index (χ3n) is 4.98. The van der Waals surface area contributed by atoms with Gasteiger partial charge in [-0.2, -0.15) is 21.6 Å². The number of sulfonamides is 1. The smallest absolute Gasteiger partial charge is 0.343 e. The minimum Gasteiger partial charge on any atom is -0.343 e. The van der Waals surface area contributed by atoms with Gasteiger partial charge in [0, 0.05) is 17.8 Å². The first-order valence-electron chi connectivity index (χ1n) is 8.96. The van der Waals surface area contributed by atoms with Crippen molar-refractivity contribution in [3.63, 3.8) is 0 Å². The molecule has 2 aromatic rings. The Labute approximate surface area is 169 Å². The van der Waals surface area contributed by atoms with Crippen molar-refractivity contribution in [3.05, 3.63) is 59.4 Å². The van der Waals surface area contributed by atoms with Crippen molar-refractivity contribution in [1.29, 1.82) is 0 Å². The molecule has 2 aliphatic heterocycles. The number of carbonyl (C=O) groups is 1. The SMILES string of the molecule is O=C(Nc1ccc(F)c(C(F)(F)F)c1)[C@@H]1CCCN1C1=NS(=O)(=O)c2ccccc21. The Bertz CT molecular complexity index is 1160. The highest BCUT2D eigenvalue weighted by Gasteiger charge is 2.39. The van der Waals surface area contributed by atoms with Gasteiger partial charge in [0.15, 0.2) is 5.84 Å². The number of hydrogen-bond donors (Lipinski definition) is 1. The van der Waals surface area contributed by atoms with Crippen molar-refractivity contribution in [2.75, 3.05) is 11.9 Å². The predicted octanol–water partition coefficient (Wildman–Crippen LogP) is 3.40. The number of hydrogen-bond acceptors (Lipinski definition) is 4. The lowest BCUT2D eigenvalue weighted by Gasteiger charge is -2.25. The zero-order valence-corrected chi connectivity index (χ0v) is 16.1. The van der Waals surface area contributed by atoms with Crippen LogP contribution in [0, 0.1) is 5.82 Å². The molecular weight excluding hydrogens is 426 g/mol. The number of amidine groups is 1. The lowest BCUT2D eigenvalue weighted by molar-refractivity contribution is -0.140. The third-order valence-corrected chi connectivity index (χ3v) is 6.30. The molecule has 1 N–H and O–H groups in total. The first-order valence-corrected chi connectivity index (χ1v) is 10.4. The molecule has 1 amide bonds.